The number of hydrogen-bond donors (Lipinski definition) is 2. The monoisotopic (exact) mass is 307 g/mol. The van der Waals surface area contributed by atoms with E-state index in [1.807, 2.05) is 6.07 Å². The standard InChI is InChI=1S/C14H17N3O3S/c15-8-11-1-3-12(4-2-11)9-17-14(18)7-13-10-21(19,20)6-5-16-13/h1-4,13,16H,5-7,9-10H2,(H,17,18). The van der Waals surface area contributed by atoms with Crippen LogP contribution in [0.15, 0.2) is 24.3 Å². The van der Waals surface area contributed by atoms with Gasteiger partial charge in [-0.2, -0.15) is 5.26 Å². The molecule has 1 aromatic carbocycles. The lowest BCUT2D eigenvalue weighted by molar-refractivity contribution is -0.121. The number of nitrogens with one attached hydrogen (secondary N) is 2. The van der Waals surface area contributed by atoms with Gasteiger partial charge in [0.2, 0.25) is 5.91 Å². The van der Waals surface area contributed by atoms with Gasteiger partial charge < -0.3 is 10.6 Å². The summed E-state index contributed by atoms with van der Waals surface area (Å²) in [6.45, 7) is 0.764. The fourth-order valence-electron chi connectivity index (χ4n) is 2.19. The maximum absolute atomic E-state index is 11.8. The molecule has 0 aliphatic carbocycles. The molecule has 7 heteroatoms. The molecule has 0 aromatic heterocycles. The normalized spacial score (nSPS) is 20.4. The highest BCUT2D eigenvalue weighted by atomic mass is 32.2. The van der Waals surface area contributed by atoms with Crippen LogP contribution in [0.25, 0.3) is 0 Å². The van der Waals surface area contributed by atoms with E-state index in [1.165, 1.54) is 0 Å². The Labute approximate surface area is 124 Å². The smallest absolute Gasteiger partial charge is 0.221 e. The highest BCUT2D eigenvalue weighted by molar-refractivity contribution is 7.91. The number of carbonyl (C=O) groups excluding carboxylic acids is 1. The number of rotatable bonds is 4. The summed E-state index contributed by atoms with van der Waals surface area (Å²) >= 11 is 0. The van der Waals surface area contributed by atoms with Crippen LogP contribution in [0.5, 0.6) is 0 Å². The van der Waals surface area contributed by atoms with Crippen LogP contribution in [-0.2, 0) is 21.2 Å². The molecule has 1 fully saturated rings. The number of sulfone groups is 1. The third-order valence-corrected chi connectivity index (χ3v) is 5.04. The number of nitrogens with zero attached hydrogens (tertiary/aromatic N) is 1. The Hall–Kier alpha value is -1.91. The highest BCUT2D eigenvalue weighted by Gasteiger charge is 2.25. The zero-order valence-corrected chi connectivity index (χ0v) is 12.3. The van der Waals surface area contributed by atoms with E-state index in [1.54, 1.807) is 24.3 Å². The minimum atomic E-state index is -3.03. The second-order valence-corrected chi connectivity index (χ2v) is 7.28. The van der Waals surface area contributed by atoms with E-state index in [2.05, 4.69) is 10.6 Å². The molecule has 1 atom stereocenters. The largest absolute Gasteiger partial charge is 0.352 e. The summed E-state index contributed by atoms with van der Waals surface area (Å²) < 4.78 is 23.0. The van der Waals surface area contributed by atoms with Crippen molar-refractivity contribution < 1.29 is 13.2 Å². The molecule has 0 saturated carbocycles. The third kappa shape index (κ3) is 4.85. The third-order valence-electron chi connectivity index (χ3n) is 3.31. The SMILES string of the molecule is N#Cc1ccc(CNC(=O)CC2CS(=O)(=O)CCN2)cc1. The van der Waals surface area contributed by atoms with Crippen molar-refractivity contribution in [3.63, 3.8) is 0 Å². The van der Waals surface area contributed by atoms with E-state index in [4.69, 9.17) is 5.26 Å². The number of benzene rings is 1. The Kier molecular flexibility index (Phi) is 4.94. The van der Waals surface area contributed by atoms with Gasteiger partial charge in [-0.3, -0.25) is 4.79 Å². The van der Waals surface area contributed by atoms with Gasteiger partial charge in [-0.05, 0) is 17.7 Å². The van der Waals surface area contributed by atoms with Crippen LogP contribution < -0.4 is 10.6 Å². The summed E-state index contributed by atoms with van der Waals surface area (Å²) in [6.07, 6.45) is 0.148. The van der Waals surface area contributed by atoms with Crippen LogP contribution in [-0.4, -0.2) is 38.4 Å². The van der Waals surface area contributed by atoms with E-state index in [-0.39, 0.29) is 29.9 Å². The van der Waals surface area contributed by atoms with Gasteiger partial charge in [0, 0.05) is 25.6 Å². The average molecular weight is 307 g/mol. The van der Waals surface area contributed by atoms with Crippen LogP contribution in [0.1, 0.15) is 17.5 Å². The van der Waals surface area contributed by atoms with E-state index in [9.17, 15) is 13.2 Å². The topological polar surface area (TPSA) is 99.1 Å². The number of nitriles is 1. The van der Waals surface area contributed by atoms with Crippen molar-refractivity contribution in [2.24, 2.45) is 0 Å². The van der Waals surface area contributed by atoms with Gasteiger partial charge in [-0.1, -0.05) is 12.1 Å². The van der Waals surface area contributed by atoms with Crippen LogP contribution in [0.3, 0.4) is 0 Å². The van der Waals surface area contributed by atoms with Gasteiger partial charge >= 0.3 is 0 Å². The molecule has 1 amide bonds. The van der Waals surface area contributed by atoms with E-state index >= 15 is 0 Å². The summed E-state index contributed by atoms with van der Waals surface area (Å²) in [7, 11) is -3.03. The second-order valence-electron chi connectivity index (χ2n) is 5.05. The van der Waals surface area contributed by atoms with Crippen LogP contribution >= 0.6 is 0 Å². The van der Waals surface area contributed by atoms with Gasteiger partial charge in [0.15, 0.2) is 9.84 Å². The summed E-state index contributed by atoms with van der Waals surface area (Å²) in [5.41, 5.74) is 1.47. The van der Waals surface area contributed by atoms with Gasteiger partial charge in [0.1, 0.15) is 0 Å². The molecular formula is C14H17N3O3S. The van der Waals surface area contributed by atoms with Gasteiger partial charge in [-0.15, -0.1) is 0 Å². The van der Waals surface area contributed by atoms with Gasteiger partial charge in [0.25, 0.3) is 0 Å². The molecule has 1 aliphatic heterocycles. The molecule has 1 heterocycles. The predicted molar refractivity (Wildman–Crippen MR) is 78.1 cm³/mol. The van der Waals surface area contributed by atoms with Crippen molar-refractivity contribution in [3.05, 3.63) is 35.4 Å². The first-order valence-electron chi connectivity index (χ1n) is 6.68. The molecule has 0 radical (unpaired) electrons. The van der Waals surface area contributed by atoms with Crippen molar-refractivity contribution in [3.8, 4) is 6.07 Å². The summed E-state index contributed by atoms with van der Waals surface area (Å²) in [4.78, 5) is 11.8. The molecule has 21 heavy (non-hydrogen) atoms. The first-order chi connectivity index (χ1) is 9.98. The lowest BCUT2D eigenvalue weighted by Crippen LogP contribution is -2.47. The molecule has 0 bridgehead atoms. The quantitative estimate of drug-likeness (QED) is 0.812. The fourth-order valence-corrected chi connectivity index (χ4v) is 3.64. The average Bonchev–Trinajstić information content (AvgIpc) is 2.44. The molecular weight excluding hydrogens is 290 g/mol. The lowest BCUT2D eigenvalue weighted by atomic mass is 10.1. The van der Waals surface area contributed by atoms with E-state index in [0.29, 0.717) is 18.7 Å². The summed E-state index contributed by atoms with van der Waals surface area (Å²) in [5.74, 6) is -0.0397. The van der Waals surface area contributed by atoms with Crippen molar-refractivity contribution in [2.45, 2.75) is 19.0 Å². The number of carbonyl (C=O) groups is 1. The Balaban J connectivity index is 1.80. The zero-order valence-electron chi connectivity index (χ0n) is 11.5. The molecule has 1 saturated heterocycles. The number of hydrogen-bond acceptors (Lipinski definition) is 5. The van der Waals surface area contributed by atoms with Crippen molar-refractivity contribution >= 4 is 15.7 Å². The minimum absolute atomic E-state index is 0.0112. The minimum Gasteiger partial charge on any atom is -0.352 e. The maximum Gasteiger partial charge on any atom is 0.221 e. The Morgan fingerprint density at radius 1 is 1.38 bits per heavy atom. The molecule has 1 aliphatic rings. The molecule has 112 valence electrons. The predicted octanol–water partition coefficient (Wildman–Crippen LogP) is -0.0488. The molecule has 1 unspecified atom stereocenters. The molecule has 1 aromatic rings. The van der Waals surface area contributed by atoms with Crippen LogP contribution in [0.2, 0.25) is 0 Å². The molecule has 2 rings (SSSR count). The van der Waals surface area contributed by atoms with Crippen molar-refractivity contribution in [1.29, 1.82) is 5.26 Å². The van der Waals surface area contributed by atoms with Crippen LogP contribution in [0.4, 0.5) is 0 Å². The Morgan fingerprint density at radius 2 is 2.10 bits per heavy atom. The Bertz CT molecular complexity index is 647. The summed E-state index contributed by atoms with van der Waals surface area (Å²) in [6, 6.07) is 8.66. The highest BCUT2D eigenvalue weighted by Crippen LogP contribution is 2.06. The van der Waals surface area contributed by atoms with Crippen molar-refractivity contribution in [1.82, 2.24) is 10.6 Å². The van der Waals surface area contributed by atoms with E-state index in [0.717, 1.165) is 5.56 Å². The molecule has 2 N–H and O–H groups in total. The molecule has 0 spiro atoms. The zero-order chi connectivity index (χ0) is 15.3. The first-order valence-corrected chi connectivity index (χ1v) is 8.50. The Morgan fingerprint density at radius 3 is 2.71 bits per heavy atom. The lowest BCUT2D eigenvalue weighted by Gasteiger charge is -2.23. The fraction of sp³-hybridized carbons (Fsp3) is 0.429. The number of amides is 1. The van der Waals surface area contributed by atoms with Gasteiger partial charge in [-0.25, -0.2) is 8.42 Å². The second kappa shape index (κ2) is 6.70. The van der Waals surface area contributed by atoms with Gasteiger partial charge in [0.05, 0.1) is 23.1 Å². The first kappa shape index (κ1) is 15.5. The molecule has 6 nitrogen and oxygen atoms in total. The maximum atomic E-state index is 11.8. The van der Waals surface area contributed by atoms with Crippen molar-refractivity contribution in [2.75, 3.05) is 18.1 Å². The van der Waals surface area contributed by atoms with Crippen LogP contribution in [0, 0.1) is 11.3 Å². The summed E-state index contributed by atoms with van der Waals surface area (Å²) in [5, 5.41) is 14.5. The van der Waals surface area contributed by atoms with E-state index < -0.39 is 9.84 Å².